The fourth-order valence-electron chi connectivity index (χ4n) is 1.18. The monoisotopic (exact) mass is 223 g/mol. The van der Waals surface area contributed by atoms with Gasteiger partial charge in [0.25, 0.3) is 0 Å². The van der Waals surface area contributed by atoms with E-state index in [1.807, 2.05) is 0 Å². The highest BCUT2D eigenvalue weighted by molar-refractivity contribution is 5.81. The summed E-state index contributed by atoms with van der Waals surface area (Å²) in [7, 11) is 0. The van der Waals surface area contributed by atoms with Gasteiger partial charge in [-0.3, -0.25) is 4.79 Å². The molecule has 2 aromatic rings. The van der Waals surface area contributed by atoms with E-state index in [9.17, 15) is 9.18 Å². The molecular weight excluding hydrogens is 213 g/mol. The average molecular weight is 223 g/mol. The number of halogens is 1. The molecule has 0 aliphatic heterocycles. The van der Waals surface area contributed by atoms with Crippen LogP contribution < -0.4 is 11.1 Å². The molecule has 0 spiro atoms. The first-order valence-electron chi connectivity index (χ1n) is 4.64. The van der Waals surface area contributed by atoms with E-state index in [1.54, 1.807) is 6.92 Å². The summed E-state index contributed by atoms with van der Waals surface area (Å²) in [5, 5.41) is 6.65. The summed E-state index contributed by atoms with van der Waals surface area (Å²) in [4.78, 5) is 14.9. The van der Waals surface area contributed by atoms with Crippen LogP contribution in [0, 0.1) is 5.82 Å². The number of hydrogen-bond acceptors (Lipinski definition) is 4. The number of fused-ring (bicyclic) bond motifs is 1. The van der Waals surface area contributed by atoms with E-state index in [-0.39, 0.29) is 5.95 Å². The van der Waals surface area contributed by atoms with E-state index in [0.29, 0.717) is 5.65 Å². The summed E-state index contributed by atoms with van der Waals surface area (Å²) in [5.41, 5.74) is 5.57. The van der Waals surface area contributed by atoms with E-state index >= 15 is 0 Å². The number of nitrogens with two attached hydrogens (primary N) is 1. The molecule has 7 heteroatoms. The summed E-state index contributed by atoms with van der Waals surface area (Å²) >= 11 is 0. The Morgan fingerprint density at radius 3 is 3.06 bits per heavy atom. The largest absolute Gasteiger partial charge is 0.368 e. The highest BCUT2D eigenvalue weighted by Gasteiger charge is 2.11. The van der Waals surface area contributed by atoms with Crippen molar-refractivity contribution in [2.24, 2.45) is 5.73 Å². The van der Waals surface area contributed by atoms with Crippen molar-refractivity contribution in [1.82, 2.24) is 14.6 Å². The predicted molar refractivity (Wildman–Crippen MR) is 55.2 cm³/mol. The van der Waals surface area contributed by atoms with Gasteiger partial charge in [0.2, 0.25) is 11.9 Å². The highest BCUT2D eigenvalue weighted by Crippen LogP contribution is 2.07. The first-order valence-corrected chi connectivity index (χ1v) is 4.64. The minimum absolute atomic E-state index is 0.233. The van der Waals surface area contributed by atoms with Crippen LogP contribution in [0.5, 0.6) is 0 Å². The van der Waals surface area contributed by atoms with Gasteiger partial charge < -0.3 is 11.1 Å². The standard InChI is InChI=1S/C9H10FN5O/c1-5(8(11)16)12-9-13-7-3-2-6(10)4-15(7)14-9/h2-5H,1H3,(H2,11,16)(H,12,14). The molecule has 6 nitrogen and oxygen atoms in total. The van der Waals surface area contributed by atoms with Crippen molar-refractivity contribution < 1.29 is 9.18 Å². The number of anilines is 1. The number of carbonyl (C=O) groups excluding carboxylic acids is 1. The van der Waals surface area contributed by atoms with E-state index < -0.39 is 17.8 Å². The Morgan fingerprint density at radius 2 is 2.38 bits per heavy atom. The molecule has 1 atom stereocenters. The van der Waals surface area contributed by atoms with Gasteiger partial charge in [0.15, 0.2) is 5.65 Å². The molecule has 2 rings (SSSR count). The molecular formula is C9H10FN5O. The molecule has 0 aromatic carbocycles. The molecule has 16 heavy (non-hydrogen) atoms. The van der Waals surface area contributed by atoms with Crippen molar-refractivity contribution in [3.05, 3.63) is 24.1 Å². The van der Waals surface area contributed by atoms with Crippen molar-refractivity contribution in [2.45, 2.75) is 13.0 Å². The second-order valence-electron chi connectivity index (χ2n) is 3.35. The number of carbonyl (C=O) groups is 1. The normalized spacial score (nSPS) is 12.6. The Morgan fingerprint density at radius 1 is 1.62 bits per heavy atom. The lowest BCUT2D eigenvalue weighted by atomic mass is 10.3. The van der Waals surface area contributed by atoms with Gasteiger partial charge in [-0.1, -0.05) is 0 Å². The molecule has 0 fully saturated rings. The molecule has 3 N–H and O–H groups in total. The average Bonchev–Trinajstić information content (AvgIpc) is 2.58. The molecule has 1 unspecified atom stereocenters. The first kappa shape index (κ1) is 10.3. The van der Waals surface area contributed by atoms with E-state index in [2.05, 4.69) is 15.4 Å². The number of hydrogen-bond donors (Lipinski definition) is 2. The van der Waals surface area contributed by atoms with Gasteiger partial charge in [-0.15, -0.1) is 5.10 Å². The van der Waals surface area contributed by atoms with Gasteiger partial charge in [-0.25, -0.2) is 8.91 Å². The van der Waals surface area contributed by atoms with Crippen LogP contribution in [0.1, 0.15) is 6.92 Å². The summed E-state index contributed by atoms with van der Waals surface area (Å²) in [5.74, 6) is -0.686. The second kappa shape index (κ2) is 3.76. The lowest BCUT2D eigenvalue weighted by Gasteiger charge is -2.06. The summed E-state index contributed by atoms with van der Waals surface area (Å²) in [6.45, 7) is 1.59. The Labute approximate surface area is 90.3 Å². The third kappa shape index (κ3) is 1.92. The third-order valence-electron chi connectivity index (χ3n) is 2.07. The minimum atomic E-state index is -0.581. The number of primary amides is 1. The fourth-order valence-corrected chi connectivity index (χ4v) is 1.18. The van der Waals surface area contributed by atoms with Crippen molar-refractivity contribution in [3.63, 3.8) is 0 Å². The van der Waals surface area contributed by atoms with Crippen LogP contribution in [0.25, 0.3) is 5.65 Å². The number of aromatic nitrogens is 3. The van der Waals surface area contributed by atoms with E-state index in [4.69, 9.17) is 5.73 Å². The van der Waals surface area contributed by atoms with Crippen LogP contribution in [-0.2, 0) is 4.79 Å². The summed E-state index contributed by atoms with van der Waals surface area (Å²) in [6.07, 6.45) is 1.20. The Kier molecular flexibility index (Phi) is 2.43. The van der Waals surface area contributed by atoms with Crippen molar-refractivity contribution in [3.8, 4) is 0 Å². The molecule has 2 heterocycles. The van der Waals surface area contributed by atoms with E-state index in [0.717, 1.165) is 0 Å². The zero-order valence-electron chi connectivity index (χ0n) is 8.51. The van der Waals surface area contributed by atoms with Gasteiger partial charge in [-0.05, 0) is 19.1 Å². The topological polar surface area (TPSA) is 85.3 Å². The molecule has 0 bridgehead atoms. The molecule has 0 aliphatic carbocycles. The van der Waals surface area contributed by atoms with Crippen molar-refractivity contribution >= 4 is 17.5 Å². The zero-order chi connectivity index (χ0) is 11.7. The van der Waals surface area contributed by atoms with Crippen molar-refractivity contribution in [2.75, 3.05) is 5.32 Å². The number of nitrogens with one attached hydrogen (secondary N) is 1. The second-order valence-corrected chi connectivity index (χ2v) is 3.35. The van der Waals surface area contributed by atoms with Crippen LogP contribution in [-0.4, -0.2) is 26.5 Å². The number of amides is 1. The zero-order valence-corrected chi connectivity index (χ0v) is 8.51. The fraction of sp³-hybridized carbons (Fsp3) is 0.222. The minimum Gasteiger partial charge on any atom is -0.368 e. The van der Waals surface area contributed by atoms with Crippen LogP contribution in [0.3, 0.4) is 0 Å². The maximum Gasteiger partial charge on any atom is 0.243 e. The van der Waals surface area contributed by atoms with Crippen LogP contribution in [0.15, 0.2) is 18.3 Å². The maximum atomic E-state index is 12.9. The molecule has 0 aliphatic rings. The van der Waals surface area contributed by atoms with Gasteiger partial charge in [0.1, 0.15) is 11.9 Å². The van der Waals surface area contributed by atoms with Crippen LogP contribution >= 0.6 is 0 Å². The van der Waals surface area contributed by atoms with Gasteiger partial charge in [-0.2, -0.15) is 4.98 Å². The number of rotatable bonds is 3. The molecule has 0 radical (unpaired) electrons. The summed E-state index contributed by atoms with van der Waals surface area (Å²) in [6, 6.07) is 2.19. The Balaban J connectivity index is 2.29. The third-order valence-corrected chi connectivity index (χ3v) is 2.07. The predicted octanol–water partition coefficient (Wildman–Crippen LogP) is 0.154. The van der Waals surface area contributed by atoms with E-state index in [1.165, 1.54) is 22.8 Å². The van der Waals surface area contributed by atoms with Crippen molar-refractivity contribution in [1.29, 1.82) is 0 Å². The lowest BCUT2D eigenvalue weighted by Crippen LogP contribution is -2.32. The molecule has 2 aromatic heterocycles. The van der Waals surface area contributed by atoms with Gasteiger partial charge >= 0.3 is 0 Å². The SMILES string of the molecule is CC(Nc1nc2ccc(F)cn2n1)C(N)=O. The first-order chi connectivity index (χ1) is 7.56. The van der Waals surface area contributed by atoms with Crippen LogP contribution in [0.2, 0.25) is 0 Å². The molecule has 0 saturated carbocycles. The Hall–Kier alpha value is -2.18. The molecule has 84 valence electrons. The molecule has 0 saturated heterocycles. The molecule has 1 amide bonds. The lowest BCUT2D eigenvalue weighted by molar-refractivity contribution is -0.118. The smallest absolute Gasteiger partial charge is 0.243 e. The maximum absolute atomic E-state index is 12.9. The Bertz CT molecular complexity index is 538. The highest BCUT2D eigenvalue weighted by atomic mass is 19.1. The number of pyridine rings is 1. The van der Waals surface area contributed by atoms with Crippen LogP contribution in [0.4, 0.5) is 10.3 Å². The van der Waals surface area contributed by atoms with Gasteiger partial charge in [0, 0.05) is 0 Å². The number of nitrogens with zero attached hydrogens (tertiary/aromatic N) is 3. The quantitative estimate of drug-likeness (QED) is 0.775. The van der Waals surface area contributed by atoms with Gasteiger partial charge in [0.05, 0.1) is 6.20 Å². The summed E-state index contributed by atoms with van der Waals surface area (Å²) < 4.78 is 14.1.